The minimum Gasteiger partial charge on any atom is -0.371 e. The highest BCUT2D eigenvalue weighted by Crippen LogP contribution is 2.38. The Morgan fingerprint density at radius 1 is 1.30 bits per heavy atom. The molecule has 0 amide bonds. The van der Waals surface area contributed by atoms with Crippen molar-refractivity contribution in [1.82, 2.24) is 19.5 Å². The van der Waals surface area contributed by atoms with Crippen LogP contribution in [0.25, 0.3) is 11.4 Å². The van der Waals surface area contributed by atoms with Gasteiger partial charge in [-0.2, -0.15) is 0 Å². The smallest absolute Gasteiger partial charge is 0.255 e. The quantitative estimate of drug-likeness (QED) is 0.823. The second-order valence-electron chi connectivity index (χ2n) is 6.24. The van der Waals surface area contributed by atoms with Crippen molar-refractivity contribution < 1.29 is 4.74 Å². The second-order valence-corrected chi connectivity index (χ2v) is 6.24. The number of aromatic nitrogens is 4. The summed E-state index contributed by atoms with van der Waals surface area (Å²) in [5.74, 6) is 0.681. The fourth-order valence-corrected chi connectivity index (χ4v) is 3.27. The van der Waals surface area contributed by atoms with Crippen molar-refractivity contribution in [1.29, 1.82) is 0 Å². The van der Waals surface area contributed by atoms with Crippen LogP contribution in [0, 0.1) is 0 Å². The van der Waals surface area contributed by atoms with Gasteiger partial charge in [0.05, 0.1) is 23.6 Å². The molecule has 0 radical (unpaired) electrons. The van der Waals surface area contributed by atoms with Gasteiger partial charge < -0.3 is 9.64 Å². The number of hydrogen-bond donors (Lipinski definition) is 0. The van der Waals surface area contributed by atoms with E-state index >= 15 is 0 Å². The Morgan fingerprint density at radius 2 is 2.17 bits per heavy atom. The third-order valence-electron chi connectivity index (χ3n) is 4.75. The van der Waals surface area contributed by atoms with Gasteiger partial charge in [0.25, 0.3) is 5.56 Å². The third-order valence-corrected chi connectivity index (χ3v) is 4.75. The number of ether oxygens (including phenoxy) is 1. The molecular formula is C16H19N5O2. The summed E-state index contributed by atoms with van der Waals surface area (Å²) in [5.41, 5.74) is 1.11. The predicted molar refractivity (Wildman–Crippen MR) is 85.3 cm³/mol. The van der Waals surface area contributed by atoms with E-state index in [2.05, 4.69) is 14.9 Å². The Balaban J connectivity index is 1.73. The SMILES string of the molecule is Cn1c(N2CCOC3(CCC3)C2)nc(-c2ccncn2)cc1=O. The fourth-order valence-electron chi connectivity index (χ4n) is 3.27. The molecule has 2 aromatic rings. The maximum atomic E-state index is 12.3. The van der Waals surface area contributed by atoms with Crippen molar-refractivity contribution in [3.63, 3.8) is 0 Å². The number of hydrogen-bond acceptors (Lipinski definition) is 6. The lowest BCUT2D eigenvalue weighted by Crippen LogP contribution is -2.56. The molecule has 0 aromatic carbocycles. The first-order chi connectivity index (χ1) is 11.2. The van der Waals surface area contributed by atoms with Crippen molar-refractivity contribution in [2.45, 2.75) is 24.9 Å². The van der Waals surface area contributed by atoms with E-state index < -0.39 is 0 Å². The molecule has 1 aliphatic heterocycles. The summed E-state index contributed by atoms with van der Waals surface area (Å²) in [4.78, 5) is 27.3. The van der Waals surface area contributed by atoms with Gasteiger partial charge in [0.2, 0.25) is 5.95 Å². The van der Waals surface area contributed by atoms with E-state index in [4.69, 9.17) is 9.72 Å². The molecule has 0 atom stereocenters. The van der Waals surface area contributed by atoms with Gasteiger partial charge in [-0.25, -0.2) is 15.0 Å². The van der Waals surface area contributed by atoms with Crippen LogP contribution in [-0.2, 0) is 11.8 Å². The molecular weight excluding hydrogens is 294 g/mol. The van der Waals surface area contributed by atoms with Crippen LogP contribution >= 0.6 is 0 Å². The Morgan fingerprint density at radius 3 is 2.87 bits per heavy atom. The van der Waals surface area contributed by atoms with Gasteiger partial charge >= 0.3 is 0 Å². The second kappa shape index (κ2) is 5.42. The van der Waals surface area contributed by atoms with Crippen molar-refractivity contribution in [2.24, 2.45) is 7.05 Å². The maximum Gasteiger partial charge on any atom is 0.255 e. The summed E-state index contributed by atoms with van der Waals surface area (Å²) in [7, 11) is 1.76. The van der Waals surface area contributed by atoms with Crippen LogP contribution in [0.1, 0.15) is 19.3 Å². The highest BCUT2D eigenvalue weighted by Gasteiger charge is 2.42. The van der Waals surface area contributed by atoms with Crippen LogP contribution in [0.15, 0.2) is 29.5 Å². The van der Waals surface area contributed by atoms with Crippen LogP contribution in [-0.4, -0.2) is 44.8 Å². The fraction of sp³-hybridized carbons (Fsp3) is 0.500. The van der Waals surface area contributed by atoms with Gasteiger partial charge in [-0.15, -0.1) is 0 Å². The first-order valence-corrected chi connectivity index (χ1v) is 7.90. The number of anilines is 1. The molecule has 1 aliphatic carbocycles. The number of rotatable bonds is 2. The lowest BCUT2D eigenvalue weighted by atomic mass is 9.79. The lowest BCUT2D eigenvalue weighted by molar-refractivity contribution is -0.107. The average molecular weight is 313 g/mol. The molecule has 2 fully saturated rings. The summed E-state index contributed by atoms with van der Waals surface area (Å²) in [5, 5.41) is 0. The molecule has 1 saturated carbocycles. The van der Waals surface area contributed by atoms with E-state index in [0.29, 0.717) is 23.9 Å². The molecule has 0 bridgehead atoms. The summed E-state index contributed by atoms with van der Waals surface area (Å²) >= 11 is 0. The van der Waals surface area contributed by atoms with E-state index in [1.807, 2.05) is 0 Å². The minimum atomic E-state index is -0.0854. The van der Waals surface area contributed by atoms with Crippen molar-refractivity contribution in [3.05, 3.63) is 35.0 Å². The molecule has 4 rings (SSSR count). The number of nitrogens with zero attached hydrogens (tertiary/aromatic N) is 5. The zero-order chi connectivity index (χ0) is 15.9. The summed E-state index contributed by atoms with van der Waals surface area (Å²) in [6, 6.07) is 3.28. The molecule has 120 valence electrons. The normalized spacial score (nSPS) is 19.6. The zero-order valence-corrected chi connectivity index (χ0v) is 13.1. The van der Waals surface area contributed by atoms with Gasteiger partial charge in [-0.05, 0) is 25.3 Å². The Hall–Kier alpha value is -2.28. The molecule has 23 heavy (non-hydrogen) atoms. The van der Waals surface area contributed by atoms with Crippen molar-refractivity contribution >= 4 is 5.95 Å². The molecule has 0 unspecified atom stereocenters. The molecule has 3 heterocycles. The van der Waals surface area contributed by atoms with E-state index in [0.717, 1.165) is 25.9 Å². The van der Waals surface area contributed by atoms with Gasteiger partial charge in [-0.1, -0.05) is 0 Å². The molecule has 2 aliphatic rings. The Bertz CT molecular complexity index is 770. The largest absolute Gasteiger partial charge is 0.371 e. The lowest BCUT2D eigenvalue weighted by Gasteiger charge is -2.48. The predicted octanol–water partition coefficient (Wildman–Crippen LogP) is 0.997. The molecule has 7 heteroatoms. The van der Waals surface area contributed by atoms with Crippen LogP contribution in [0.2, 0.25) is 0 Å². The Labute approximate surface area is 134 Å². The van der Waals surface area contributed by atoms with Crippen LogP contribution < -0.4 is 10.5 Å². The van der Waals surface area contributed by atoms with Crippen LogP contribution in [0.5, 0.6) is 0 Å². The van der Waals surface area contributed by atoms with Crippen molar-refractivity contribution in [3.8, 4) is 11.4 Å². The van der Waals surface area contributed by atoms with E-state index in [1.54, 1.807) is 23.9 Å². The highest BCUT2D eigenvalue weighted by molar-refractivity contribution is 5.55. The van der Waals surface area contributed by atoms with Crippen LogP contribution in [0.4, 0.5) is 5.95 Å². The third kappa shape index (κ3) is 2.50. The average Bonchev–Trinajstić information content (AvgIpc) is 2.56. The Kier molecular flexibility index (Phi) is 3.37. The van der Waals surface area contributed by atoms with Gasteiger partial charge in [0.1, 0.15) is 6.33 Å². The van der Waals surface area contributed by atoms with E-state index in [1.165, 1.54) is 18.8 Å². The standard InChI is InChI=1S/C16H19N5O2/c1-20-14(22)9-13(12-3-6-17-11-18-12)19-15(20)21-7-8-23-16(10-21)4-2-5-16/h3,6,9,11H,2,4-5,7-8,10H2,1H3. The highest BCUT2D eigenvalue weighted by atomic mass is 16.5. The molecule has 2 aromatic heterocycles. The zero-order valence-electron chi connectivity index (χ0n) is 13.1. The molecule has 1 saturated heterocycles. The van der Waals surface area contributed by atoms with Gasteiger partial charge in [0, 0.05) is 32.4 Å². The first-order valence-electron chi connectivity index (χ1n) is 7.90. The van der Waals surface area contributed by atoms with Crippen molar-refractivity contribution in [2.75, 3.05) is 24.6 Å². The summed E-state index contributed by atoms with van der Waals surface area (Å²) in [6.07, 6.45) is 6.50. The maximum absolute atomic E-state index is 12.3. The van der Waals surface area contributed by atoms with Gasteiger partial charge in [-0.3, -0.25) is 9.36 Å². The minimum absolute atomic E-state index is 0.0408. The first kappa shape index (κ1) is 14.3. The van der Waals surface area contributed by atoms with Gasteiger partial charge in [0.15, 0.2) is 0 Å². The van der Waals surface area contributed by atoms with Crippen LogP contribution in [0.3, 0.4) is 0 Å². The summed E-state index contributed by atoms with van der Waals surface area (Å²) in [6.45, 7) is 2.21. The molecule has 0 N–H and O–H groups in total. The topological polar surface area (TPSA) is 73.1 Å². The molecule has 1 spiro atoms. The summed E-state index contributed by atoms with van der Waals surface area (Å²) < 4.78 is 7.56. The molecule has 7 nitrogen and oxygen atoms in total. The number of morpholine rings is 1. The van der Waals surface area contributed by atoms with E-state index in [-0.39, 0.29) is 11.2 Å². The monoisotopic (exact) mass is 313 g/mol. The van der Waals surface area contributed by atoms with E-state index in [9.17, 15) is 4.79 Å².